The normalized spacial score (nSPS) is 19.1. The highest BCUT2D eigenvalue weighted by Gasteiger charge is 2.27. The zero-order valence-electron chi connectivity index (χ0n) is 14.1. The van der Waals surface area contributed by atoms with Crippen molar-refractivity contribution in [1.82, 2.24) is 28.6 Å². The Morgan fingerprint density at radius 2 is 1.92 bits per heavy atom. The molecule has 4 rings (SSSR count). The van der Waals surface area contributed by atoms with Gasteiger partial charge in [0, 0.05) is 31.4 Å². The molecule has 3 aromatic rings. The van der Waals surface area contributed by atoms with Crippen LogP contribution in [0.15, 0.2) is 31.0 Å². The number of imidazole rings is 1. The molecule has 3 aromatic heterocycles. The molecule has 0 aliphatic carbocycles. The highest BCUT2D eigenvalue weighted by Crippen LogP contribution is 2.27. The first-order valence-electron chi connectivity index (χ1n) is 8.18. The van der Waals surface area contributed by atoms with E-state index in [0.29, 0.717) is 29.6 Å². The van der Waals surface area contributed by atoms with Gasteiger partial charge >= 0.3 is 0 Å². The minimum atomic E-state index is -3.18. The van der Waals surface area contributed by atoms with Crippen LogP contribution in [0.4, 0.5) is 0 Å². The number of rotatable bonds is 3. The first-order chi connectivity index (χ1) is 12.4. The number of nitrogens with zero attached hydrogens (tertiary/aromatic N) is 6. The van der Waals surface area contributed by atoms with E-state index in [2.05, 4.69) is 19.9 Å². The molecule has 136 valence electrons. The first kappa shape index (κ1) is 17.3. The Balaban J connectivity index is 1.61. The molecule has 0 bridgehead atoms. The molecule has 0 radical (unpaired) electrons. The largest absolute Gasteiger partial charge is 0.281 e. The van der Waals surface area contributed by atoms with Crippen molar-refractivity contribution in [1.29, 1.82) is 0 Å². The van der Waals surface area contributed by atoms with Gasteiger partial charge in [-0.05, 0) is 12.8 Å². The number of sulfonamides is 1. The van der Waals surface area contributed by atoms with E-state index in [0.717, 1.165) is 24.2 Å². The minimum absolute atomic E-state index is 0.0540. The SMILES string of the molecule is CS(=O)(=O)N1CCCC(c2cnc(-c3cnc4ncc(Cl)cn34)cn2)C1. The second-order valence-corrected chi connectivity index (χ2v) is 8.79. The quantitative estimate of drug-likeness (QED) is 0.676. The van der Waals surface area contributed by atoms with Gasteiger partial charge in [0.2, 0.25) is 15.8 Å². The van der Waals surface area contributed by atoms with Crippen LogP contribution in [0, 0.1) is 0 Å². The molecule has 8 nitrogen and oxygen atoms in total. The molecule has 10 heteroatoms. The summed E-state index contributed by atoms with van der Waals surface area (Å²) in [5.74, 6) is 0.588. The molecule has 0 saturated carbocycles. The van der Waals surface area contributed by atoms with Crippen molar-refractivity contribution in [2.75, 3.05) is 19.3 Å². The lowest BCUT2D eigenvalue weighted by Gasteiger charge is -2.30. The third-order valence-electron chi connectivity index (χ3n) is 4.54. The van der Waals surface area contributed by atoms with Gasteiger partial charge in [-0.1, -0.05) is 11.6 Å². The van der Waals surface area contributed by atoms with Gasteiger partial charge in [-0.2, -0.15) is 0 Å². The molecule has 0 amide bonds. The second kappa shape index (κ2) is 6.57. The maximum atomic E-state index is 11.8. The van der Waals surface area contributed by atoms with Crippen LogP contribution in [0.25, 0.3) is 17.2 Å². The van der Waals surface area contributed by atoms with E-state index in [1.165, 1.54) is 10.6 Å². The molecule has 4 heterocycles. The summed E-state index contributed by atoms with van der Waals surface area (Å²) in [6.45, 7) is 1.01. The van der Waals surface area contributed by atoms with Gasteiger partial charge in [-0.3, -0.25) is 14.4 Å². The summed E-state index contributed by atoms with van der Waals surface area (Å²) < 4.78 is 26.8. The van der Waals surface area contributed by atoms with Gasteiger partial charge in [-0.25, -0.2) is 22.7 Å². The van der Waals surface area contributed by atoms with Gasteiger partial charge in [0.1, 0.15) is 5.69 Å². The standard InChI is InChI=1S/C16H17ClN6O2S/c1-26(24,25)22-4-2-3-11(9-22)13-6-19-14(7-18-13)15-8-21-16-20-5-12(17)10-23(15)16/h5-8,10-11H,2-4,9H2,1H3. The highest BCUT2D eigenvalue weighted by atomic mass is 35.5. The number of hydrogen-bond donors (Lipinski definition) is 0. The number of halogens is 1. The van der Waals surface area contributed by atoms with Crippen molar-refractivity contribution in [3.8, 4) is 11.4 Å². The molecule has 1 unspecified atom stereocenters. The molecule has 26 heavy (non-hydrogen) atoms. The molecule has 0 aromatic carbocycles. The molecule has 0 N–H and O–H groups in total. The molecule has 1 fully saturated rings. The number of fused-ring (bicyclic) bond motifs is 1. The predicted molar refractivity (Wildman–Crippen MR) is 97.4 cm³/mol. The molecule has 1 aliphatic heterocycles. The molecule has 1 aliphatic rings. The monoisotopic (exact) mass is 392 g/mol. The third kappa shape index (κ3) is 3.29. The second-order valence-electron chi connectivity index (χ2n) is 6.37. The molecule has 1 saturated heterocycles. The van der Waals surface area contributed by atoms with Gasteiger partial charge in [0.05, 0.1) is 41.3 Å². The fourth-order valence-electron chi connectivity index (χ4n) is 3.21. The zero-order valence-corrected chi connectivity index (χ0v) is 15.7. The molecule has 1 atom stereocenters. The number of piperidine rings is 1. The Kier molecular flexibility index (Phi) is 4.37. The fraction of sp³-hybridized carbons (Fsp3) is 0.375. The Morgan fingerprint density at radius 3 is 2.65 bits per heavy atom. The van der Waals surface area contributed by atoms with Crippen molar-refractivity contribution in [2.45, 2.75) is 18.8 Å². The summed E-state index contributed by atoms with van der Waals surface area (Å²) in [4.78, 5) is 17.4. The van der Waals surface area contributed by atoms with E-state index in [1.807, 2.05) is 0 Å². The van der Waals surface area contributed by atoms with E-state index in [4.69, 9.17) is 11.6 Å². The first-order valence-corrected chi connectivity index (χ1v) is 10.4. The average molecular weight is 393 g/mol. The van der Waals surface area contributed by atoms with E-state index >= 15 is 0 Å². The van der Waals surface area contributed by atoms with Crippen LogP contribution in [-0.2, 0) is 10.0 Å². The Bertz CT molecular complexity index is 1050. The Hall–Kier alpha value is -2.10. The van der Waals surface area contributed by atoms with Crippen molar-refractivity contribution in [2.24, 2.45) is 0 Å². The summed E-state index contributed by atoms with van der Waals surface area (Å²) in [7, 11) is -3.18. The van der Waals surface area contributed by atoms with Gasteiger partial charge in [0.15, 0.2) is 0 Å². The summed E-state index contributed by atoms with van der Waals surface area (Å²) in [6.07, 6.45) is 11.3. The van der Waals surface area contributed by atoms with Gasteiger partial charge in [0.25, 0.3) is 0 Å². The van der Waals surface area contributed by atoms with Gasteiger partial charge in [-0.15, -0.1) is 0 Å². The molecular formula is C16H17ClN6O2S. The van der Waals surface area contributed by atoms with Crippen LogP contribution in [0.1, 0.15) is 24.5 Å². The Labute approximate surface area is 155 Å². The van der Waals surface area contributed by atoms with Crippen molar-refractivity contribution in [3.63, 3.8) is 0 Å². The Morgan fingerprint density at radius 1 is 1.12 bits per heavy atom. The van der Waals surface area contributed by atoms with Crippen LogP contribution in [0.2, 0.25) is 5.02 Å². The van der Waals surface area contributed by atoms with Crippen LogP contribution in [-0.4, -0.2) is 56.4 Å². The minimum Gasteiger partial charge on any atom is -0.281 e. The lowest BCUT2D eigenvalue weighted by Crippen LogP contribution is -2.38. The van der Waals surface area contributed by atoms with Crippen molar-refractivity contribution >= 4 is 27.4 Å². The maximum absolute atomic E-state index is 11.8. The summed E-state index contributed by atoms with van der Waals surface area (Å²) in [5.41, 5.74) is 2.20. The fourth-order valence-corrected chi connectivity index (χ4v) is 4.26. The summed E-state index contributed by atoms with van der Waals surface area (Å²) in [6, 6.07) is 0. The van der Waals surface area contributed by atoms with Crippen LogP contribution in [0.3, 0.4) is 0 Å². The molecule has 0 spiro atoms. The average Bonchev–Trinajstić information content (AvgIpc) is 3.04. The summed E-state index contributed by atoms with van der Waals surface area (Å²) in [5, 5.41) is 0.504. The van der Waals surface area contributed by atoms with Crippen molar-refractivity contribution in [3.05, 3.63) is 41.7 Å². The van der Waals surface area contributed by atoms with E-state index in [9.17, 15) is 8.42 Å². The number of aromatic nitrogens is 5. The van der Waals surface area contributed by atoms with E-state index in [-0.39, 0.29) is 5.92 Å². The lowest BCUT2D eigenvalue weighted by atomic mass is 9.96. The van der Waals surface area contributed by atoms with Crippen LogP contribution < -0.4 is 0 Å². The summed E-state index contributed by atoms with van der Waals surface area (Å²) >= 11 is 6.01. The predicted octanol–water partition coefficient (Wildman–Crippen LogP) is 1.98. The van der Waals surface area contributed by atoms with E-state index < -0.39 is 10.0 Å². The van der Waals surface area contributed by atoms with Crippen molar-refractivity contribution < 1.29 is 8.42 Å². The third-order valence-corrected chi connectivity index (χ3v) is 6.00. The highest BCUT2D eigenvalue weighted by molar-refractivity contribution is 7.88. The lowest BCUT2D eigenvalue weighted by molar-refractivity contribution is 0.314. The van der Waals surface area contributed by atoms with Crippen LogP contribution >= 0.6 is 11.6 Å². The smallest absolute Gasteiger partial charge is 0.234 e. The van der Waals surface area contributed by atoms with E-state index in [1.54, 1.807) is 35.4 Å². The zero-order chi connectivity index (χ0) is 18.3. The maximum Gasteiger partial charge on any atom is 0.234 e. The molecular weight excluding hydrogens is 376 g/mol. The van der Waals surface area contributed by atoms with Gasteiger partial charge < -0.3 is 0 Å². The number of hydrogen-bond acceptors (Lipinski definition) is 6. The van der Waals surface area contributed by atoms with Crippen LogP contribution in [0.5, 0.6) is 0 Å². The topological polar surface area (TPSA) is 93.4 Å².